The Kier molecular flexibility index (Phi) is 7.83. The fourth-order valence-electron chi connectivity index (χ4n) is 2.52. The molecule has 4 nitrogen and oxygen atoms in total. The smallest absolute Gasteiger partial charge is 0.261 e. The predicted molar refractivity (Wildman–Crippen MR) is 100 cm³/mol. The Morgan fingerprint density at radius 2 is 1.72 bits per heavy atom. The molecule has 0 saturated carbocycles. The van der Waals surface area contributed by atoms with E-state index in [2.05, 4.69) is 17.4 Å². The SMILES string of the molecule is CCOc1ccc(CCCNC(=O)[C@H](CC)Oc2ccccc2)cc1. The number of benzene rings is 2. The molecule has 1 amide bonds. The van der Waals surface area contributed by atoms with Crippen molar-refractivity contribution in [2.75, 3.05) is 13.2 Å². The average molecular weight is 341 g/mol. The van der Waals surface area contributed by atoms with Gasteiger partial charge in [0.1, 0.15) is 11.5 Å². The van der Waals surface area contributed by atoms with Crippen molar-refractivity contribution in [2.24, 2.45) is 0 Å². The normalized spacial score (nSPS) is 11.6. The summed E-state index contributed by atoms with van der Waals surface area (Å²) in [7, 11) is 0. The van der Waals surface area contributed by atoms with Gasteiger partial charge in [0.2, 0.25) is 0 Å². The minimum atomic E-state index is -0.451. The minimum Gasteiger partial charge on any atom is -0.494 e. The molecule has 0 aromatic heterocycles. The van der Waals surface area contributed by atoms with Crippen LogP contribution in [0.2, 0.25) is 0 Å². The molecule has 0 aliphatic carbocycles. The topological polar surface area (TPSA) is 47.6 Å². The Labute approximate surface area is 150 Å². The molecule has 0 radical (unpaired) electrons. The first-order chi connectivity index (χ1) is 12.2. The van der Waals surface area contributed by atoms with Gasteiger partial charge < -0.3 is 14.8 Å². The Balaban J connectivity index is 1.71. The van der Waals surface area contributed by atoms with Crippen LogP contribution < -0.4 is 14.8 Å². The van der Waals surface area contributed by atoms with Crippen molar-refractivity contribution < 1.29 is 14.3 Å². The fraction of sp³-hybridized carbons (Fsp3) is 0.381. The third kappa shape index (κ3) is 6.49. The summed E-state index contributed by atoms with van der Waals surface area (Å²) in [6.07, 6.45) is 2.00. The van der Waals surface area contributed by atoms with E-state index in [1.54, 1.807) is 0 Å². The molecule has 1 atom stereocenters. The number of aryl methyl sites for hydroxylation is 1. The van der Waals surface area contributed by atoms with Crippen molar-refractivity contribution in [3.05, 3.63) is 60.2 Å². The van der Waals surface area contributed by atoms with Gasteiger partial charge in [0, 0.05) is 6.54 Å². The number of carbonyl (C=O) groups is 1. The molecule has 2 aromatic carbocycles. The number of nitrogens with one attached hydrogen (secondary N) is 1. The molecule has 4 heteroatoms. The molecule has 0 bridgehead atoms. The van der Waals surface area contributed by atoms with Crippen LogP contribution in [0.5, 0.6) is 11.5 Å². The summed E-state index contributed by atoms with van der Waals surface area (Å²) in [5.74, 6) is 1.56. The van der Waals surface area contributed by atoms with Crippen LogP contribution in [0.25, 0.3) is 0 Å². The van der Waals surface area contributed by atoms with E-state index in [0.717, 1.165) is 24.3 Å². The molecule has 2 rings (SSSR count). The Morgan fingerprint density at radius 3 is 2.36 bits per heavy atom. The van der Waals surface area contributed by atoms with Gasteiger partial charge in [-0.1, -0.05) is 37.3 Å². The van der Waals surface area contributed by atoms with Gasteiger partial charge in [-0.2, -0.15) is 0 Å². The number of hydrogen-bond donors (Lipinski definition) is 1. The first-order valence-electron chi connectivity index (χ1n) is 8.94. The molecule has 25 heavy (non-hydrogen) atoms. The third-order valence-corrected chi connectivity index (χ3v) is 3.86. The van der Waals surface area contributed by atoms with Crippen molar-refractivity contribution in [3.8, 4) is 11.5 Å². The minimum absolute atomic E-state index is 0.0574. The van der Waals surface area contributed by atoms with Crippen LogP contribution in [0, 0.1) is 0 Å². The summed E-state index contributed by atoms with van der Waals surface area (Å²) in [6.45, 7) is 5.24. The van der Waals surface area contributed by atoms with Crippen LogP contribution in [-0.2, 0) is 11.2 Å². The van der Waals surface area contributed by atoms with E-state index in [-0.39, 0.29) is 5.91 Å². The van der Waals surface area contributed by atoms with Gasteiger partial charge in [0.05, 0.1) is 6.61 Å². The quantitative estimate of drug-likeness (QED) is 0.665. The highest BCUT2D eigenvalue weighted by Crippen LogP contribution is 2.14. The van der Waals surface area contributed by atoms with Crippen LogP contribution in [0.4, 0.5) is 0 Å². The molecule has 0 fully saturated rings. The highest BCUT2D eigenvalue weighted by atomic mass is 16.5. The molecule has 0 aliphatic heterocycles. The van der Waals surface area contributed by atoms with Gasteiger partial charge in [0.15, 0.2) is 6.10 Å². The van der Waals surface area contributed by atoms with Gasteiger partial charge in [-0.15, -0.1) is 0 Å². The Bertz CT molecular complexity index is 625. The molecule has 0 spiro atoms. The van der Waals surface area contributed by atoms with E-state index in [1.165, 1.54) is 5.56 Å². The lowest BCUT2D eigenvalue weighted by Crippen LogP contribution is -2.38. The zero-order valence-corrected chi connectivity index (χ0v) is 15.0. The maximum absolute atomic E-state index is 12.3. The number of hydrogen-bond acceptors (Lipinski definition) is 3. The lowest BCUT2D eigenvalue weighted by molar-refractivity contribution is -0.128. The highest BCUT2D eigenvalue weighted by Gasteiger charge is 2.17. The van der Waals surface area contributed by atoms with Crippen molar-refractivity contribution in [1.29, 1.82) is 0 Å². The van der Waals surface area contributed by atoms with Crippen LogP contribution in [0.1, 0.15) is 32.3 Å². The summed E-state index contributed by atoms with van der Waals surface area (Å²) in [5.41, 5.74) is 1.24. The van der Waals surface area contributed by atoms with E-state index >= 15 is 0 Å². The fourth-order valence-corrected chi connectivity index (χ4v) is 2.52. The van der Waals surface area contributed by atoms with Crippen LogP contribution in [0.15, 0.2) is 54.6 Å². The zero-order valence-electron chi connectivity index (χ0n) is 15.0. The molecule has 0 saturated heterocycles. The lowest BCUT2D eigenvalue weighted by atomic mass is 10.1. The van der Waals surface area contributed by atoms with E-state index in [0.29, 0.717) is 19.6 Å². The molecular formula is C21H27NO3. The largest absolute Gasteiger partial charge is 0.494 e. The zero-order chi connectivity index (χ0) is 17.9. The van der Waals surface area contributed by atoms with Crippen molar-refractivity contribution in [2.45, 2.75) is 39.2 Å². The Hall–Kier alpha value is -2.49. The molecule has 2 aromatic rings. The average Bonchev–Trinajstić information content (AvgIpc) is 2.65. The van der Waals surface area contributed by atoms with Gasteiger partial charge in [0.25, 0.3) is 5.91 Å². The first-order valence-corrected chi connectivity index (χ1v) is 8.94. The van der Waals surface area contributed by atoms with E-state index < -0.39 is 6.10 Å². The van der Waals surface area contributed by atoms with Gasteiger partial charge in [-0.3, -0.25) is 4.79 Å². The van der Waals surface area contributed by atoms with E-state index in [4.69, 9.17) is 9.47 Å². The van der Waals surface area contributed by atoms with Gasteiger partial charge in [-0.25, -0.2) is 0 Å². The van der Waals surface area contributed by atoms with Crippen molar-refractivity contribution in [3.63, 3.8) is 0 Å². The lowest BCUT2D eigenvalue weighted by Gasteiger charge is -2.17. The molecule has 0 aliphatic rings. The maximum Gasteiger partial charge on any atom is 0.261 e. The Morgan fingerprint density at radius 1 is 1.00 bits per heavy atom. The van der Waals surface area contributed by atoms with Gasteiger partial charge in [-0.05, 0) is 56.0 Å². The monoisotopic (exact) mass is 341 g/mol. The number of ether oxygens (including phenoxy) is 2. The maximum atomic E-state index is 12.3. The second kappa shape index (κ2) is 10.4. The molecule has 134 valence electrons. The number of carbonyl (C=O) groups excluding carboxylic acids is 1. The number of para-hydroxylation sites is 1. The van der Waals surface area contributed by atoms with E-state index in [1.807, 2.05) is 56.3 Å². The summed E-state index contributed by atoms with van der Waals surface area (Å²) in [4.78, 5) is 12.3. The second-order valence-corrected chi connectivity index (χ2v) is 5.80. The molecule has 0 heterocycles. The summed E-state index contributed by atoms with van der Waals surface area (Å²) >= 11 is 0. The van der Waals surface area contributed by atoms with Crippen LogP contribution in [-0.4, -0.2) is 25.2 Å². The standard InChI is InChI=1S/C21H27NO3/c1-3-20(25-19-10-6-5-7-11-19)21(23)22-16-8-9-17-12-14-18(15-13-17)24-4-2/h5-7,10-15,20H,3-4,8-9,16H2,1-2H3,(H,22,23)/t20-/m0/s1. The van der Waals surface area contributed by atoms with Gasteiger partial charge >= 0.3 is 0 Å². The predicted octanol–water partition coefficient (Wildman–Crippen LogP) is 3.99. The van der Waals surface area contributed by atoms with Crippen LogP contribution in [0.3, 0.4) is 0 Å². The third-order valence-electron chi connectivity index (χ3n) is 3.86. The summed E-state index contributed by atoms with van der Waals surface area (Å²) in [6, 6.07) is 17.6. The number of rotatable bonds is 10. The molecule has 1 N–H and O–H groups in total. The summed E-state index contributed by atoms with van der Waals surface area (Å²) < 4.78 is 11.2. The molecular weight excluding hydrogens is 314 g/mol. The number of amides is 1. The van der Waals surface area contributed by atoms with E-state index in [9.17, 15) is 4.79 Å². The van der Waals surface area contributed by atoms with Crippen molar-refractivity contribution in [1.82, 2.24) is 5.32 Å². The van der Waals surface area contributed by atoms with Crippen LogP contribution >= 0.6 is 0 Å². The first kappa shape index (κ1) is 18.8. The van der Waals surface area contributed by atoms with Crippen molar-refractivity contribution >= 4 is 5.91 Å². The molecule has 0 unspecified atom stereocenters. The second-order valence-electron chi connectivity index (χ2n) is 5.80. The highest BCUT2D eigenvalue weighted by molar-refractivity contribution is 5.81. The summed E-state index contributed by atoms with van der Waals surface area (Å²) in [5, 5.41) is 2.97.